The van der Waals surface area contributed by atoms with Crippen molar-refractivity contribution in [1.29, 1.82) is 0 Å². The van der Waals surface area contributed by atoms with Crippen molar-refractivity contribution in [3.8, 4) is 11.9 Å². The summed E-state index contributed by atoms with van der Waals surface area (Å²) in [6.45, 7) is 0.847. The molecule has 3 aromatic rings. The molecule has 2 aromatic heterocycles. The number of hydrogen-bond donors (Lipinski definition) is 3. The largest absolute Gasteiger partial charge is 0.481 e. The maximum absolute atomic E-state index is 14.3. The van der Waals surface area contributed by atoms with Crippen LogP contribution in [-0.4, -0.2) is 62.9 Å². The number of hydrogen-bond acceptors (Lipinski definition) is 11. The summed E-state index contributed by atoms with van der Waals surface area (Å²) in [5.74, 6) is -3.93. The molecule has 0 aliphatic carbocycles. The number of amides is 1. The summed E-state index contributed by atoms with van der Waals surface area (Å²) in [7, 11) is -1.75. The standard InChI is InChI=1S/C22H22F3N5O8S/c1-4-37-19(32)21(22(23,24)25,29-18(31)15-6-5-11-38-15)28-13-7-9-14(10-8-13)39(33,34)30-16-12-17(35-2)27-20(26-16)36-3/h5-12,28H,4H2,1-3H3,(H,29,31)(H,26,27,30)/t21-/m1/s1. The third-order valence-electron chi connectivity index (χ3n) is 4.86. The van der Waals surface area contributed by atoms with Crippen LogP contribution >= 0.6 is 0 Å². The van der Waals surface area contributed by atoms with Gasteiger partial charge in [0.05, 0.1) is 32.0 Å². The highest BCUT2D eigenvalue weighted by Gasteiger charge is 2.64. The van der Waals surface area contributed by atoms with Gasteiger partial charge in [-0.3, -0.25) is 9.52 Å². The number of sulfonamides is 1. The van der Waals surface area contributed by atoms with E-state index in [0.29, 0.717) is 0 Å². The number of ether oxygens (including phenoxy) is 3. The first-order chi connectivity index (χ1) is 18.3. The summed E-state index contributed by atoms with van der Waals surface area (Å²) in [4.78, 5) is 32.3. The number of methoxy groups -OCH3 is 2. The Morgan fingerprint density at radius 2 is 1.74 bits per heavy atom. The van der Waals surface area contributed by atoms with Gasteiger partial charge in [0, 0.05) is 11.8 Å². The minimum atomic E-state index is -5.42. The second-order valence-electron chi connectivity index (χ2n) is 7.44. The molecule has 13 nitrogen and oxygen atoms in total. The number of carbonyl (C=O) groups excluding carboxylic acids is 2. The molecule has 1 atom stereocenters. The summed E-state index contributed by atoms with van der Waals surface area (Å²) in [5.41, 5.74) is -4.14. The smallest absolute Gasteiger partial charge is 0.441 e. The van der Waals surface area contributed by atoms with Crippen molar-refractivity contribution in [2.75, 3.05) is 30.9 Å². The number of carbonyl (C=O) groups is 2. The zero-order valence-electron chi connectivity index (χ0n) is 20.5. The number of furan rings is 1. The van der Waals surface area contributed by atoms with Gasteiger partial charge in [0.25, 0.3) is 15.9 Å². The van der Waals surface area contributed by atoms with Crippen molar-refractivity contribution in [2.24, 2.45) is 0 Å². The van der Waals surface area contributed by atoms with Gasteiger partial charge in [-0.15, -0.1) is 0 Å². The molecule has 3 rings (SSSR count). The molecule has 210 valence electrons. The zero-order valence-corrected chi connectivity index (χ0v) is 21.3. The Kier molecular flexibility index (Phi) is 8.53. The van der Waals surface area contributed by atoms with Gasteiger partial charge in [-0.25, -0.2) is 13.2 Å². The van der Waals surface area contributed by atoms with Gasteiger partial charge in [0.15, 0.2) is 11.6 Å². The predicted octanol–water partition coefficient (Wildman–Crippen LogP) is 2.55. The van der Waals surface area contributed by atoms with Crippen molar-refractivity contribution in [1.82, 2.24) is 15.3 Å². The molecule has 0 bridgehead atoms. The van der Waals surface area contributed by atoms with Gasteiger partial charge >= 0.3 is 23.8 Å². The van der Waals surface area contributed by atoms with Gasteiger partial charge in [0.1, 0.15) is 0 Å². The molecule has 0 saturated carbocycles. The molecule has 3 N–H and O–H groups in total. The maximum Gasteiger partial charge on any atom is 0.441 e. The van der Waals surface area contributed by atoms with E-state index in [2.05, 4.69) is 19.4 Å². The van der Waals surface area contributed by atoms with E-state index in [-0.39, 0.29) is 28.3 Å². The number of rotatable bonds is 11. The van der Waals surface area contributed by atoms with E-state index in [9.17, 15) is 31.2 Å². The van der Waals surface area contributed by atoms with E-state index < -0.39 is 46.1 Å². The van der Waals surface area contributed by atoms with Crippen LogP contribution in [-0.2, 0) is 19.6 Å². The third-order valence-corrected chi connectivity index (χ3v) is 6.23. The van der Waals surface area contributed by atoms with Crippen LogP contribution in [0.4, 0.5) is 24.7 Å². The van der Waals surface area contributed by atoms with Crippen molar-refractivity contribution in [2.45, 2.75) is 23.7 Å². The van der Waals surface area contributed by atoms with Crippen molar-refractivity contribution in [3.05, 3.63) is 54.5 Å². The summed E-state index contributed by atoms with van der Waals surface area (Å²) >= 11 is 0. The average molecular weight is 574 g/mol. The first kappa shape index (κ1) is 29.0. The van der Waals surface area contributed by atoms with Crippen LogP contribution in [0.5, 0.6) is 11.9 Å². The highest BCUT2D eigenvalue weighted by atomic mass is 32.2. The molecule has 1 amide bonds. The van der Waals surface area contributed by atoms with E-state index >= 15 is 0 Å². The van der Waals surface area contributed by atoms with Crippen molar-refractivity contribution < 1.29 is 49.8 Å². The van der Waals surface area contributed by atoms with Crippen LogP contribution in [0.1, 0.15) is 17.5 Å². The summed E-state index contributed by atoms with van der Waals surface area (Å²) in [5, 5.41) is 3.52. The lowest BCUT2D eigenvalue weighted by molar-refractivity contribution is -0.204. The summed E-state index contributed by atoms with van der Waals surface area (Å²) in [6, 6.07) is 7.17. The molecule has 0 aliphatic rings. The Morgan fingerprint density at radius 1 is 1.05 bits per heavy atom. The quantitative estimate of drug-likeness (QED) is 0.227. The monoisotopic (exact) mass is 573 g/mol. The lowest BCUT2D eigenvalue weighted by Gasteiger charge is -2.35. The highest BCUT2D eigenvalue weighted by molar-refractivity contribution is 7.92. The van der Waals surface area contributed by atoms with Crippen molar-refractivity contribution in [3.63, 3.8) is 0 Å². The highest BCUT2D eigenvalue weighted by Crippen LogP contribution is 2.34. The summed E-state index contributed by atoms with van der Waals surface area (Å²) in [6.07, 6.45) is -4.36. The number of nitrogens with one attached hydrogen (secondary N) is 3. The molecular formula is C22H22F3N5O8S. The van der Waals surface area contributed by atoms with Gasteiger partial charge in [0.2, 0.25) is 5.88 Å². The molecule has 0 saturated heterocycles. The van der Waals surface area contributed by atoms with Crippen LogP contribution in [0.2, 0.25) is 0 Å². The fourth-order valence-corrected chi connectivity index (χ4v) is 4.04. The number of aromatic nitrogens is 2. The average Bonchev–Trinajstić information content (AvgIpc) is 3.43. The Morgan fingerprint density at radius 3 is 2.28 bits per heavy atom. The Balaban J connectivity index is 1.93. The molecule has 0 aliphatic heterocycles. The minimum absolute atomic E-state index is 0.00171. The van der Waals surface area contributed by atoms with Crippen molar-refractivity contribution >= 4 is 33.4 Å². The molecule has 1 aromatic carbocycles. The first-order valence-electron chi connectivity index (χ1n) is 10.8. The topological polar surface area (TPSA) is 171 Å². The molecule has 17 heteroatoms. The fourth-order valence-electron chi connectivity index (χ4n) is 3.05. The van der Waals surface area contributed by atoms with Crippen LogP contribution in [0.3, 0.4) is 0 Å². The number of alkyl halides is 3. The Bertz CT molecular complexity index is 1390. The zero-order chi connectivity index (χ0) is 28.8. The van der Waals surface area contributed by atoms with Gasteiger partial charge in [-0.2, -0.15) is 23.1 Å². The molecule has 0 fully saturated rings. The molecule has 39 heavy (non-hydrogen) atoms. The maximum atomic E-state index is 14.3. The lowest BCUT2D eigenvalue weighted by atomic mass is 10.1. The molecule has 2 heterocycles. The lowest BCUT2D eigenvalue weighted by Crippen LogP contribution is -2.69. The van der Waals surface area contributed by atoms with Crippen LogP contribution in [0.25, 0.3) is 0 Å². The van der Waals surface area contributed by atoms with Crippen LogP contribution in [0.15, 0.2) is 58.0 Å². The summed E-state index contributed by atoms with van der Waals surface area (Å²) < 4.78 is 90.1. The van der Waals surface area contributed by atoms with Gasteiger partial charge < -0.3 is 29.3 Å². The van der Waals surface area contributed by atoms with E-state index in [0.717, 1.165) is 36.6 Å². The first-order valence-corrected chi connectivity index (χ1v) is 12.3. The fraction of sp³-hybridized carbons (Fsp3) is 0.273. The predicted molar refractivity (Wildman–Crippen MR) is 128 cm³/mol. The Hall–Kier alpha value is -4.54. The molecule has 0 unspecified atom stereocenters. The second-order valence-corrected chi connectivity index (χ2v) is 9.12. The number of halogens is 3. The molecular weight excluding hydrogens is 551 g/mol. The number of esters is 1. The van der Waals surface area contributed by atoms with E-state index in [1.54, 1.807) is 5.32 Å². The number of nitrogens with zero attached hydrogens (tertiary/aromatic N) is 2. The van der Waals surface area contributed by atoms with Gasteiger partial charge in [-0.1, -0.05) is 0 Å². The van der Waals surface area contributed by atoms with E-state index in [1.165, 1.54) is 33.3 Å². The normalized spacial score (nSPS) is 13.1. The second kappa shape index (κ2) is 11.5. The van der Waals surface area contributed by atoms with E-state index in [1.807, 2.05) is 5.32 Å². The molecule has 0 radical (unpaired) electrons. The number of anilines is 2. The SMILES string of the molecule is CCOC(=O)[C@](NC(=O)c1ccco1)(Nc1ccc(S(=O)(=O)Nc2cc(OC)nc(OC)n2)cc1)C(F)(F)F. The molecule has 0 spiro atoms. The Labute approximate surface area is 219 Å². The number of benzene rings is 1. The van der Waals surface area contributed by atoms with Gasteiger partial charge in [-0.05, 0) is 43.3 Å². The van der Waals surface area contributed by atoms with Crippen LogP contribution in [0, 0.1) is 0 Å². The minimum Gasteiger partial charge on any atom is -0.481 e. The third kappa shape index (κ3) is 6.49. The van der Waals surface area contributed by atoms with E-state index in [4.69, 9.17) is 13.9 Å². The van der Waals surface area contributed by atoms with Crippen LogP contribution < -0.4 is 24.8 Å².